The Balaban J connectivity index is 1.42. The molecule has 2 aliphatic heterocycles. The van der Waals surface area contributed by atoms with Crippen molar-refractivity contribution in [3.8, 4) is 0 Å². The largest absolute Gasteiger partial charge is 0.339 e. The van der Waals surface area contributed by atoms with Crippen molar-refractivity contribution in [3.63, 3.8) is 0 Å². The van der Waals surface area contributed by atoms with E-state index in [9.17, 15) is 4.79 Å². The van der Waals surface area contributed by atoms with Crippen molar-refractivity contribution in [3.05, 3.63) is 64.4 Å². The lowest BCUT2D eigenvalue weighted by atomic mass is 9.65. The van der Waals surface area contributed by atoms with Crippen molar-refractivity contribution in [2.45, 2.75) is 69.7 Å². The number of benzene rings is 1. The second-order valence-electron chi connectivity index (χ2n) is 10.8. The molecule has 5 rings (SSSR count). The van der Waals surface area contributed by atoms with E-state index in [0.29, 0.717) is 28.9 Å². The van der Waals surface area contributed by atoms with Gasteiger partial charge in [0.25, 0.3) is 0 Å². The number of pyridine rings is 1. The van der Waals surface area contributed by atoms with Crippen molar-refractivity contribution in [2.75, 3.05) is 19.6 Å². The Hall–Kier alpha value is -1.91. The molecule has 3 aliphatic rings. The summed E-state index contributed by atoms with van der Waals surface area (Å²) in [6.45, 7) is 7.03. The number of hydrogen-bond acceptors (Lipinski definition) is 3. The van der Waals surface area contributed by atoms with Crippen LogP contribution in [0.5, 0.6) is 0 Å². The maximum Gasteiger partial charge on any atom is 0.228 e. The highest BCUT2D eigenvalue weighted by molar-refractivity contribution is 6.29. The quantitative estimate of drug-likeness (QED) is 0.619. The van der Waals surface area contributed by atoms with Gasteiger partial charge in [0.1, 0.15) is 5.15 Å². The van der Waals surface area contributed by atoms with Crippen molar-refractivity contribution in [1.29, 1.82) is 0 Å². The van der Waals surface area contributed by atoms with Gasteiger partial charge in [0, 0.05) is 36.8 Å². The lowest BCUT2D eigenvalue weighted by molar-refractivity contribution is -0.141. The van der Waals surface area contributed by atoms with Gasteiger partial charge in [-0.3, -0.25) is 4.79 Å². The van der Waals surface area contributed by atoms with Crippen LogP contribution in [0, 0.1) is 11.8 Å². The first-order chi connectivity index (χ1) is 16.0. The molecule has 176 valence electrons. The van der Waals surface area contributed by atoms with Crippen LogP contribution in [-0.4, -0.2) is 41.5 Å². The zero-order valence-corrected chi connectivity index (χ0v) is 20.7. The minimum Gasteiger partial charge on any atom is -0.339 e. The molecule has 1 amide bonds. The van der Waals surface area contributed by atoms with Crippen LogP contribution in [0.4, 0.5) is 0 Å². The number of carbonyl (C=O) groups excluding carboxylic acids is 1. The Morgan fingerprint density at radius 3 is 2.85 bits per heavy atom. The van der Waals surface area contributed by atoms with Gasteiger partial charge in [0.05, 0.1) is 5.92 Å². The fourth-order valence-corrected chi connectivity index (χ4v) is 6.95. The molecule has 2 aromatic rings. The first-order valence-electron chi connectivity index (χ1n) is 12.7. The van der Waals surface area contributed by atoms with Crippen LogP contribution in [0.25, 0.3) is 0 Å². The molecule has 4 atom stereocenters. The van der Waals surface area contributed by atoms with Gasteiger partial charge in [-0.1, -0.05) is 61.8 Å². The van der Waals surface area contributed by atoms with Crippen molar-refractivity contribution < 1.29 is 4.79 Å². The average molecular weight is 466 g/mol. The second-order valence-corrected chi connectivity index (χ2v) is 11.2. The predicted octanol–water partition coefficient (Wildman–Crippen LogP) is 5.35. The van der Waals surface area contributed by atoms with Gasteiger partial charge in [-0.25, -0.2) is 4.98 Å². The van der Waals surface area contributed by atoms with Gasteiger partial charge < -0.3 is 10.2 Å². The summed E-state index contributed by atoms with van der Waals surface area (Å²) in [5, 5.41) is 4.15. The van der Waals surface area contributed by atoms with Gasteiger partial charge in [-0.2, -0.15) is 0 Å². The van der Waals surface area contributed by atoms with Gasteiger partial charge >= 0.3 is 0 Å². The van der Waals surface area contributed by atoms with E-state index in [1.165, 1.54) is 11.1 Å². The zero-order valence-electron chi connectivity index (χ0n) is 19.9. The number of fused-ring (bicyclic) bond motifs is 2. The molecule has 4 nitrogen and oxygen atoms in total. The number of halogens is 1. The lowest BCUT2D eigenvalue weighted by Gasteiger charge is -2.45. The van der Waals surface area contributed by atoms with Gasteiger partial charge in [-0.05, 0) is 67.6 Å². The lowest BCUT2D eigenvalue weighted by Crippen LogP contribution is -2.53. The molecule has 3 unspecified atom stereocenters. The maximum atomic E-state index is 14.2. The number of likely N-dealkylation sites (tertiary alicyclic amines) is 1. The highest BCUT2D eigenvalue weighted by Gasteiger charge is 2.52. The Morgan fingerprint density at radius 2 is 2.06 bits per heavy atom. The van der Waals surface area contributed by atoms with Gasteiger partial charge in [0.15, 0.2) is 0 Å². The minimum absolute atomic E-state index is 0.0255. The fraction of sp³-hybridized carbons (Fsp3) is 0.571. The number of amides is 1. The minimum atomic E-state index is -0.152. The average Bonchev–Trinajstić information content (AvgIpc) is 3.22. The van der Waals surface area contributed by atoms with Crippen LogP contribution in [0.15, 0.2) is 42.5 Å². The highest BCUT2D eigenvalue weighted by Crippen LogP contribution is 2.46. The van der Waals surface area contributed by atoms with E-state index in [2.05, 4.69) is 65.4 Å². The summed E-state index contributed by atoms with van der Waals surface area (Å²) in [5.41, 5.74) is 3.61. The van der Waals surface area contributed by atoms with E-state index in [-0.39, 0.29) is 11.3 Å². The first-order valence-corrected chi connectivity index (χ1v) is 13.1. The number of rotatable bonds is 4. The highest BCUT2D eigenvalue weighted by atomic mass is 35.5. The summed E-state index contributed by atoms with van der Waals surface area (Å²) in [5.74, 6) is 1.43. The monoisotopic (exact) mass is 465 g/mol. The molecule has 0 saturated carbocycles. The fourth-order valence-electron chi connectivity index (χ4n) is 6.79. The summed E-state index contributed by atoms with van der Waals surface area (Å²) in [6, 6.07) is 15.2. The molecule has 1 aromatic heterocycles. The summed E-state index contributed by atoms with van der Waals surface area (Å²) < 4.78 is 0. The summed E-state index contributed by atoms with van der Waals surface area (Å²) >= 11 is 6.22. The molecule has 0 radical (unpaired) electrons. The van der Waals surface area contributed by atoms with Crippen molar-refractivity contribution in [1.82, 2.24) is 15.2 Å². The summed E-state index contributed by atoms with van der Waals surface area (Å²) in [7, 11) is 0. The van der Waals surface area contributed by atoms with Crippen LogP contribution in [0.3, 0.4) is 0 Å². The SMILES string of the molecule is CC(C)CC1CC(c2ccccc2)CCN1C(=O)[C@@H]1CNCC12CCCc1nc(Cl)ccc12. The summed E-state index contributed by atoms with van der Waals surface area (Å²) in [6.07, 6.45) is 6.24. The number of piperidine rings is 1. The molecule has 1 aromatic carbocycles. The van der Waals surface area contributed by atoms with Crippen molar-refractivity contribution in [2.24, 2.45) is 11.8 Å². The van der Waals surface area contributed by atoms with E-state index in [1.807, 2.05) is 6.07 Å². The second kappa shape index (κ2) is 9.38. The number of nitrogens with one attached hydrogen (secondary N) is 1. The molecule has 5 heteroatoms. The van der Waals surface area contributed by atoms with Crippen LogP contribution in [0.1, 0.15) is 68.7 Å². The Kier molecular flexibility index (Phi) is 6.50. The van der Waals surface area contributed by atoms with Crippen LogP contribution >= 0.6 is 11.6 Å². The van der Waals surface area contributed by atoms with E-state index in [4.69, 9.17) is 11.6 Å². The number of aromatic nitrogens is 1. The molecule has 1 spiro atoms. The normalized spacial score (nSPS) is 29.5. The molecule has 1 aliphatic carbocycles. The van der Waals surface area contributed by atoms with Gasteiger partial charge in [-0.15, -0.1) is 0 Å². The Labute approximate surface area is 203 Å². The molecule has 2 fully saturated rings. The smallest absolute Gasteiger partial charge is 0.228 e. The third kappa shape index (κ3) is 4.33. The molecular formula is C28H36ClN3O. The predicted molar refractivity (Wildman–Crippen MR) is 134 cm³/mol. The standard InChI is InChI=1S/C28H36ClN3O/c1-19(2)15-22-16-21(20-7-4-3-5-8-20)12-14-32(22)27(33)24-17-30-18-28(24)13-6-9-25-23(28)10-11-26(29)31-25/h3-5,7-8,10-11,19,21-22,24,30H,6,9,12-18H2,1-2H3/t21?,22?,24-,28?/m0/s1. The first kappa shape index (κ1) is 22.9. The number of nitrogens with zero attached hydrogens (tertiary/aromatic N) is 2. The summed E-state index contributed by atoms with van der Waals surface area (Å²) in [4.78, 5) is 21.1. The maximum absolute atomic E-state index is 14.2. The Bertz CT molecular complexity index is 994. The molecule has 0 bridgehead atoms. The number of carbonyl (C=O) groups is 1. The molecule has 33 heavy (non-hydrogen) atoms. The number of aryl methyl sites for hydroxylation is 1. The van der Waals surface area contributed by atoms with Crippen molar-refractivity contribution >= 4 is 17.5 Å². The molecule has 3 heterocycles. The van der Waals surface area contributed by atoms with E-state index in [1.54, 1.807) is 0 Å². The topological polar surface area (TPSA) is 45.2 Å². The van der Waals surface area contributed by atoms with E-state index < -0.39 is 0 Å². The van der Waals surface area contributed by atoms with E-state index >= 15 is 0 Å². The molecule has 1 N–H and O–H groups in total. The molecule has 2 saturated heterocycles. The number of hydrogen-bond donors (Lipinski definition) is 1. The third-order valence-electron chi connectivity index (χ3n) is 8.28. The van der Waals surface area contributed by atoms with Crippen LogP contribution in [-0.2, 0) is 16.6 Å². The van der Waals surface area contributed by atoms with Gasteiger partial charge in [0.2, 0.25) is 5.91 Å². The third-order valence-corrected chi connectivity index (χ3v) is 8.49. The van der Waals surface area contributed by atoms with Crippen LogP contribution in [0.2, 0.25) is 5.15 Å². The Morgan fingerprint density at radius 1 is 1.24 bits per heavy atom. The van der Waals surface area contributed by atoms with Crippen LogP contribution < -0.4 is 5.32 Å². The molecular weight excluding hydrogens is 430 g/mol. The van der Waals surface area contributed by atoms with E-state index in [0.717, 1.165) is 63.9 Å². The zero-order chi connectivity index (χ0) is 23.0.